The maximum absolute atomic E-state index is 15.0. The molecule has 1 aliphatic heterocycles. The number of benzene rings is 1. The van der Waals surface area contributed by atoms with Gasteiger partial charge in [0.05, 0.1) is 22.0 Å². The van der Waals surface area contributed by atoms with Crippen LogP contribution in [-0.4, -0.2) is 37.9 Å². The van der Waals surface area contributed by atoms with E-state index in [2.05, 4.69) is 31.2 Å². The number of amidine groups is 1. The van der Waals surface area contributed by atoms with E-state index in [1.165, 1.54) is 18.3 Å². The summed E-state index contributed by atoms with van der Waals surface area (Å²) in [4.78, 5) is 17.4. The highest BCUT2D eigenvalue weighted by Gasteiger charge is 2.71. The number of pyridine rings is 1. The summed E-state index contributed by atoms with van der Waals surface area (Å²) in [7, 11) is 0. The van der Waals surface area contributed by atoms with Gasteiger partial charge in [-0.1, -0.05) is 17.7 Å². The number of aliphatic imine (C=N–C) groups is 1. The molecule has 0 amide bonds. The molecule has 2 aliphatic rings. The third-order valence-electron chi connectivity index (χ3n) is 6.15. The van der Waals surface area contributed by atoms with Gasteiger partial charge >= 0.3 is 0 Å². The van der Waals surface area contributed by atoms with Crippen molar-refractivity contribution in [2.24, 2.45) is 16.6 Å². The van der Waals surface area contributed by atoms with E-state index in [0.29, 0.717) is 22.5 Å². The Morgan fingerprint density at radius 1 is 1.35 bits per heavy atom. The highest BCUT2D eigenvalue weighted by Crippen LogP contribution is 2.68. The molecule has 0 spiro atoms. The summed E-state index contributed by atoms with van der Waals surface area (Å²) in [6, 6.07) is 6.01. The van der Waals surface area contributed by atoms with Gasteiger partial charge in [0.15, 0.2) is 17.6 Å². The Morgan fingerprint density at radius 2 is 2.18 bits per heavy atom. The van der Waals surface area contributed by atoms with Gasteiger partial charge < -0.3 is 15.8 Å². The number of nitrogens with two attached hydrogens (primary N) is 1. The lowest BCUT2D eigenvalue weighted by Gasteiger charge is -2.34. The van der Waals surface area contributed by atoms with Crippen LogP contribution in [0.15, 0.2) is 41.7 Å². The number of nitrogens with one attached hydrogen (secondary N) is 1. The molecule has 1 aliphatic carbocycles. The summed E-state index contributed by atoms with van der Waals surface area (Å²) in [6.45, 7) is 1.71. The van der Waals surface area contributed by atoms with Gasteiger partial charge in [-0.2, -0.15) is 0 Å². The number of halogens is 3. The number of anilines is 2. The molecule has 1 aromatic carbocycles. The average molecular weight is 485 g/mol. The second kappa shape index (κ2) is 8.06. The lowest BCUT2D eigenvalue weighted by Crippen LogP contribution is -2.38. The van der Waals surface area contributed by atoms with Gasteiger partial charge in [0.25, 0.3) is 6.43 Å². The Morgan fingerprint density at radius 3 is 2.94 bits per heavy atom. The Kier molecular flexibility index (Phi) is 5.28. The van der Waals surface area contributed by atoms with Crippen molar-refractivity contribution in [3.63, 3.8) is 0 Å². The van der Waals surface area contributed by atoms with Crippen molar-refractivity contribution in [1.29, 1.82) is 0 Å². The molecule has 7 nitrogen and oxygen atoms in total. The minimum absolute atomic E-state index is 0.0307. The van der Waals surface area contributed by atoms with E-state index in [1.54, 1.807) is 25.3 Å². The highest BCUT2D eigenvalue weighted by atomic mass is 32.2. The first-order chi connectivity index (χ1) is 16.3. The predicted octanol–water partition coefficient (Wildman–Crippen LogP) is 4.22. The largest absolute Gasteiger partial charge is 0.463 e. The van der Waals surface area contributed by atoms with E-state index in [0.717, 1.165) is 11.8 Å². The summed E-state index contributed by atoms with van der Waals surface area (Å²) in [5.74, 6) is 1.93. The molecule has 3 N–H and O–H groups in total. The summed E-state index contributed by atoms with van der Waals surface area (Å²) < 4.78 is 46.6. The van der Waals surface area contributed by atoms with Crippen LogP contribution in [0.4, 0.5) is 24.7 Å². The number of thioether (sulfide) groups is 1. The van der Waals surface area contributed by atoms with Gasteiger partial charge in [0.2, 0.25) is 5.88 Å². The van der Waals surface area contributed by atoms with Crippen LogP contribution in [0.25, 0.3) is 11.0 Å². The fraction of sp³-hybridized carbons (Fsp3) is 0.304. The van der Waals surface area contributed by atoms with E-state index in [9.17, 15) is 13.2 Å². The lowest BCUT2D eigenvalue weighted by atomic mass is 9.85. The molecule has 0 saturated heterocycles. The first-order valence-electron chi connectivity index (χ1n) is 10.3. The summed E-state index contributed by atoms with van der Waals surface area (Å²) >= 11 is 0.881. The fourth-order valence-corrected chi connectivity index (χ4v) is 5.77. The van der Waals surface area contributed by atoms with E-state index in [4.69, 9.17) is 16.9 Å². The van der Waals surface area contributed by atoms with Crippen molar-refractivity contribution < 1.29 is 17.9 Å². The van der Waals surface area contributed by atoms with Crippen molar-refractivity contribution in [3.05, 3.63) is 48.0 Å². The molecule has 11 heteroatoms. The van der Waals surface area contributed by atoms with Gasteiger partial charge in [-0.15, -0.1) is 6.42 Å². The van der Waals surface area contributed by atoms with Gasteiger partial charge in [-0.25, -0.2) is 28.1 Å². The molecule has 3 heterocycles. The second-order valence-electron chi connectivity index (χ2n) is 8.26. The van der Waals surface area contributed by atoms with Crippen LogP contribution in [0.5, 0.6) is 5.88 Å². The number of hydrogen-bond donors (Lipinski definition) is 2. The van der Waals surface area contributed by atoms with Crippen LogP contribution in [0.2, 0.25) is 0 Å². The van der Waals surface area contributed by atoms with Crippen LogP contribution >= 0.6 is 11.8 Å². The van der Waals surface area contributed by atoms with E-state index >= 15 is 0 Å². The standard InChI is InChI=1S/C23H19F3N6OS/c1-3-8-33-17-11-29-18-15(31-17)6-7-28-19(18)30-12-4-5-14(24)13(9-12)22(2)16-10-23(16,20(25)26)34-21(27)32-22/h1,4-7,9,11,16,20H,8,10H2,2H3,(H2,27,32)(H,28,30)/t16-,22+,23-/m0/s1. The zero-order chi connectivity index (χ0) is 24.1. The number of alkyl halides is 2. The molecular formula is C23H19F3N6OS. The number of ether oxygens (including phenoxy) is 1. The van der Waals surface area contributed by atoms with Crippen molar-refractivity contribution in [3.8, 4) is 18.2 Å². The Labute approximate surface area is 197 Å². The molecule has 5 rings (SSSR count). The Bertz CT molecular complexity index is 1360. The van der Waals surface area contributed by atoms with Crippen molar-refractivity contribution >= 4 is 39.5 Å². The minimum Gasteiger partial charge on any atom is -0.463 e. The Hall–Kier alpha value is -3.52. The van der Waals surface area contributed by atoms with Crippen LogP contribution in [-0.2, 0) is 5.54 Å². The molecule has 1 saturated carbocycles. The zero-order valence-corrected chi connectivity index (χ0v) is 18.7. The normalized spacial score (nSPS) is 25.4. The smallest absolute Gasteiger partial charge is 0.253 e. The maximum Gasteiger partial charge on any atom is 0.253 e. The van der Waals surface area contributed by atoms with Crippen molar-refractivity contribution in [2.75, 3.05) is 11.9 Å². The van der Waals surface area contributed by atoms with Crippen LogP contribution in [0, 0.1) is 24.1 Å². The van der Waals surface area contributed by atoms with E-state index in [-0.39, 0.29) is 29.6 Å². The summed E-state index contributed by atoms with van der Waals surface area (Å²) in [6.07, 6.45) is 5.79. The number of fused-ring (bicyclic) bond motifs is 2. The second-order valence-corrected chi connectivity index (χ2v) is 9.64. The minimum atomic E-state index is -2.59. The van der Waals surface area contributed by atoms with Gasteiger partial charge in [-0.05, 0) is 37.6 Å². The van der Waals surface area contributed by atoms with E-state index < -0.39 is 28.4 Å². The number of terminal acetylenes is 1. The van der Waals surface area contributed by atoms with Gasteiger partial charge in [0, 0.05) is 23.4 Å². The topological polar surface area (TPSA) is 98.3 Å². The molecule has 34 heavy (non-hydrogen) atoms. The number of nitrogens with zero attached hydrogens (tertiary/aromatic N) is 4. The van der Waals surface area contributed by atoms with Gasteiger partial charge in [0.1, 0.15) is 11.3 Å². The van der Waals surface area contributed by atoms with Crippen molar-refractivity contribution in [1.82, 2.24) is 15.0 Å². The van der Waals surface area contributed by atoms with Gasteiger partial charge in [-0.3, -0.25) is 4.99 Å². The fourth-order valence-electron chi connectivity index (χ4n) is 4.44. The van der Waals surface area contributed by atoms with Crippen LogP contribution in [0.3, 0.4) is 0 Å². The number of rotatable bonds is 6. The monoisotopic (exact) mass is 484 g/mol. The SMILES string of the molecule is C#CCOc1cnc2c(Nc3ccc(F)c([C@@]4(C)N=C(N)S[C@@]5(C(F)F)C[C@@H]45)c3)nccc2n1. The molecule has 3 aromatic rings. The number of hydrogen-bond acceptors (Lipinski definition) is 8. The Balaban J connectivity index is 1.49. The molecule has 0 bridgehead atoms. The van der Waals surface area contributed by atoms with Crippen molar-refractivity contribution in [2.45, 2.75) is 30.1 Å². The highest BCUT2D eigenvalue weighted by molar-refractivity contribution is 8.15. The molecule has 1 fully saturated rings. The van der Waals surface area contributed by atoms with Crippen LogP contribution in [0.1, 0.15) is 18.9 Å². The zero-order valence-electron chi connectivity index (χ0n) is 17.9. The molecule has 174 valence electrons. The predicted molar refractivity (Wildman–Crippen MR) is 125 cm³/mol. The summed E-state index contributed by atoms with van der Waals surface area (Å²) in [5.41, 5.74) is 6.33. The molecule has 3 atom stereocenters. The lowest BCUT2D eigenvalue weighted by molar-refractivity contribution is 0.124. The first-order valence-corrected chi connectivity index (χ1v) is 11.2. The molecule has 2 aromatic heterocycles. The van der Waals surface area contributed by atoms with E-state index in [1.807, 2.05) is 0 Å². The third-order valence-corrected chi connectivity index (χ3v) is 7.46. The maximum atomic E-state index is 15.0. The third kappa shape index (κ3) is 3.58. The average Bonchev–Trinajstić information content (AvgIpc) is 3.56. The summed E-state index contributed by atoms with van der Waals surface area (Å²) in [5, 5.41) is 3.15. The quantitative estimate of drug-likeness (QED) is 0.506. The number of aromatic nitrogens is 3. The molecule has 0 radical (unpaired) electrons. The first kappa shape index (κ1) is 22.3. The molecule has 0 unspecified atom stereocenters. The molecular weight excluding hydrogens is 465 g/mol. The van der Waals surface area contributed by atoms with Crippen LogP contribution < -0.4 is 15.8 Å².